The predicted molar refractivity (Wildman–Crippen MR) is 75.9 cm³/mol. The molecule has 0 spiro atoms. The van der Waals surface area contributed by atoms with Gasteiger partial charge < -0.3 is 14.7 Å². The van der Waals surface area contributed by atoms with E-state index in [4.69, 9.17) is 4.74 Å². The lowest BCUT2D eigenvalue weighted by molar-refractivity contribution is 0.0296. The summed E-state index contributed by atoms with van der Waals surface area (Å²) in [5.41, 5.74) is 0. The fourth-order valence-electron chi connectivity index (χ4n) is 2.64. The third kappa shape index (κ3) is 6.72. The van der Waals surface area contributed by atoms with Crippen molar-refractivity contribution in [1.82, 2.24) is 4.90 Å². The van der Waals surface area contributed by atoms with Crippen molar-refractivity contribution in [3.05, 3.63) is 0 Å². The third-order valence-corrected chi connectivity index (χ3v) is 3.75. The van der Waals surface area contributed by atoms with Gasteiger partial charge in [-0.2, -0.15) is 0 Å². The molecular weight excluding hydrogens is 226 g/mol. The van der Waals surface area contributed by atoms with Crippen molar-refractivity contribution in [2.75, 3.05) is 26.2 Å². The molecule has 1 rings (SSSR count). The van der Waals surface area contributed by atoms with E-state index in [2.05, 4.69) is 18.7 Å². The van der Waals surface area contributed by atoms with Gasteiger partial charge in [0, 0.05) is 26.2 Å². The lowest BCUT2D eigenvalue weighted by Crippen LogP contribution is -2.36. The van der Waals surface area contributed by atoms with Crippen LogP contribution < -0.4 is 0 Å². The first-order valence-electron chi connectivity index (χ1n) is 7.78. The van der Waals surface area contributed by atoms with E-state index < -0.39 is 0 Å². The van der Waals surface area contributed by atoms with E-state index in [1.807, 2.05) is 0 Å². The second-order valence-electron chi connectivity index (χ2n) is 5.50. The van der Waals surface area contributed by atoms with Crippen molar-refractivity contribution in [2.24, 2.45) is 0 Å². The molecule has 1 saturated heterocycles. The van der Waals surface area contributed by atoms with Crippen molar-refractivity contribution in [3.8, 4) is 0 Å². The van der Waals surface area contributed by atoms with E-state index in [0.29, 0.717) is 6.10 Å². The maximum atomic E-state index is 9.44. The Bertz CT molecular complexity index is 185. The van der Waals surface area contributed by atoms with Gasteiger partial charge in [0.1, 0.15) is 0 Å². The highest BCUT2D eigenvalue weighted by atomic mass is 16.5. The summed E-state index contributed by atoms with van der Waals surface area (Å²) in [6, 6.07) is 0. The Morgan fingerprint density at radius 2 is 1.78 bits per heavy atom. The first kappa shape index (κ1) is 15.9. The van der Waals surface area contributed by atoms with E-state index in [1.165, 1.54) is 25.7 Å². The number of nitrogens with zero attached hydrogens (tertiary/aromatic N) is 1. The molecule has 1 heterocycles. The van der Waals surface area contributed by atoms with Gasteiger partial charge in [-0.05, 0) is 32.1 Å². The summed E-state index contributed by atoms with van der Waals surface area (Å²) in [4.78, 5) is 2.45. The molecule has 0 amide bonds. The SMILES string of the molecule is CCCC(CCC)OCCCN1CCC(O)CC1. The van der Waals surface area contributed by atoms with Gasteiger partial charge >= 0.3 is 0 Å². The fraction of sp³-hybridized carbons (Fsp3) is 1.00. The molecule has 0 saturated carbocycles. The highest BCUT2D eigenvalue weighted by Crippen LogP contribution is 2.12. The van der Waals surface area contributed by atoms with Crippen molar-refractivity contribution < 1.29 is 9.84 Å². The molecule has 0 bridgehead atoms. The number of ether oxygens (including phenoxy) is 1. The molecule has 3 nitrogen and oxygen atoms in total. The number of rotatable bonds is 9. The van der Waals surface area contributed by atoms with Gasteiger partial charge in [0.15, 0.2) is 0 Å². The summed E-state index contributed by atoms with van der Waals surface area (Å²) in [6.07, 6.45) is 8.25. The Labute approximate surface area is 113 Å². The lowest BCUT2D eigenvalue weighted by atomic mass is 10.1. The Morgan fingerprint density at radius 3 is 2.33 bits per heavy atom. The quantitative estimate of drug-likeness (QED) is 0.645. The molecule has 3 heteroatoms. The van der Waals surface area contributed by atoms with Crippen LogP contribution in [0.1, 0.15) is 58.8 Å². The maximum Gasteiger partial charge on any atom is 0.0575 e. The predicted octanol–water partition coefficient (Wildman–Crippen LogP) is 2.82. The van der Waals surface area contributed by atoms with Gasteiger partial charge in [0.2, 0.25) is 0 Å². The van der Waals surface area contributed by atoms with Crippen LogP contribution in [0.2, 0.25) is 0 Å². The molecule has 0 aromatic heterocycles. The molecule has 1 aliphatic heterocycles. The molecule has 1 N–H and O–H groups in total. The van der Waals surface area contributed by atoms with Crippen LogP contribution in [0.5, 0.6) is 0 Å². The topological polar surface area (TPSA) is 32.7 Å². The average molecular weight is 257 g/mol. The Hall–Kier alpha value is -0.120. The smallest absolute Gasteiger partial charge is 0.0575 e. The molecule has 0 unspecified atom stereocenters. The van der Waals surface area contributed by atoms with Crippen LogP contribution in [0, 0.1) is 0 Å². The number of aliphatic hydroxyl groups is 1. The van der Waals surface area contributed by atoms with E-state index >= 15 is 0 Å². The molecule has 0 atom stereocenters. The Morgan fingerprint density at radius 1 is 1.17 bits per heavy atom. The van der Waals surface area contributed by atoms with Gasteiger partial charge in [-0.3, -0.25) is 0 Å². The minimum absolute atomic E-state index is 0.0593. The summed E-state index contributed by atoms with van der Waals surface area (Å²) in [6.45, 7) is 8.57. The van der Waals surface area contributed by atoms with Crippen LogP contribution in [0.4, 0.5) is 0 Å². The van der Waals surface area contributed by atoms with Crippen LogP contribution in [0.15, 0.2) is 0 Å². The molecule has 1 aliphatic rings. The van der Waals surface area contributed by atoms with Gasteiger partial charge in [-0.1, -0.05) is 26.7 Å². The van der Waals surface area contributed by atoms with Crippen molar-refractivity contribution in [2.45, 2.75) is 71.0 Å². The molecule has 0 aliphatic carbocycles. The monoisotopic (exact) mass is 257 g/mol. The number of hydrogen-bond acceptors (Lipinski definition) is 3. The number of hydrogen-bond donors (Lipinski definition) is 1. The van der Waals surface area contributed by atoms with Crippen molar-refractivity contribution in [1.29, 1.82) is 0 Å². The molecule has 1 fully saturated rings. The standard InChI is InChI=1S/C15H31NO2/c1-3-6-15(7-4-2)18-13-5-10-16-11-8-14(17)9-12-16/h14-15,17H,3-13H2,1-2H3. The number of aliphatic hydroxyl groups excluding tert-OH is 1. The summed E-state index contributed by atoms with van der Waals surface area (Å²) >= 11 is 0. The second kappa shape index (κ2) is 9.76. The Kier molecular flexibility index (Phi) is 8.64. The maximum absolute atomic E-state index is 9.44. The van der Waals surface area contributed by atoms with Gasteiger partial charge in [0.05, 0.1) is 12.2 Å². The normalized spacial score (nSPS) is 18.7. The zero-order chi connectivity index (χ0) is 13.2. The summed E-state index contributed by atoms with van der Waals surface area (Å²) in [5.74, 6) is 0. The molecule has 0 aromatic carbocycles. The summed E-state index contributed by atoms with van der Waals surface area (Å²) < 4.78 is 5.96. The van der Waals surface area contributed by atoms with Gasteiger partial charge in [0.25, 0.3) is 0 Å². The highest BCUT2D eigenvalue weighted by Gasteiger charge is 2.16. The number of likely N-dealkylation sites (tertiary alicyclic amines) is 1. The first-order valence-corrected chi connectivity index (χ1v) is 7.78. The van der Waals surface area contributed by atoms with Crippen molar-refractivity contribution >= 4 is 0 Å². The molecule has 108 valence electrons. The van der Waals surface area contributed by atoms with E-state index in [1.54, 1.807) is 0 Å². The zero-order valence-electron chi connectivity index (χ0n) is 12.2. The Balaban J connectivity index is 2.02. The minimum atomic E-state index is -0.0593. The molecule has 18 heavy (non-hydrogen) atoms. The summed E-state index contributed by atoms with van der Waals surface area (Å²) in [7, 11) is 0. The van der Waals surface area contributed by atoms with E-state index in [-0.39, 0.29) is 6.10 Å². The van der Waals surface area contributed by atoms with Crippen LogP contribution in [0.25, 0.3) is 0 Å². The van der Waals surface area contributed by atoms with Gasteiger partial charge in [-0.25, -0.2) is 0 Å². The third-order valence-electron chi connectivity index (χ3n) is 3.75. The molecule has 0 radical (unpaired) electrons. The van der Waals surface area contributed by atoms with Gasteiger partial charge in [-0.15, -0.1) is 0 Å². The zero-order valence-corrected chi connectivity index (χ0v) is 12.2. The van der Waals surface area contributed by atoms with E-state index in [0.717, 1.165) is 45.5 Å². The molecule has 0 aromatic rings. The fourth-order valence-corrected chi connectivity index (χ4v) is 2.64. The number of piperidine rings is 1. The van der Waals surface area contributed by atoms with Crippen LogP contribution in [-0.2, 0) is 4.74 Å². The average Bonchev–Trinajstić information content (AvgIpc) is 2.37. The second-order valence-corrected chi connectivity index (χ2v) is 5.50. The largest absolute Gasteiger partial charge is 0.393 e. The van der Waals surface area contributed by atoms with Crippen LogP contribution >= 0.6 is 0 Å². The van der Waals surface area contributed by atoms with E-state index in [9.17, 15) is 5.11 Å². The highest BCUT2D eigenvalue weighted by molar-refractivity contribution is 4.70. The van der Waals surface area contributed by atoms with Crippen LogP contribution in [0.3, 0.4) is 0 Å². The van der Waals surface area contributed by atoms with Crippen LogP contribution in [-0.4, -0.2) is 48.5 Å². The summed E-state index contributed by atoms with van der Waals surface area (Å²) in [5, 5.41) is 9.44. The lowest BCUT2D eigenvalue weighted by Gasteiger charge is -2.29. The minimum Gasteiger partial charge on any atom is -0.393 e. The first-order chi connectivity index (χ1) is 8.76. The van der Waals surface area contributed by atoms with Crippen molar-refractivity contribution in [3.63, 3.8) is 0 Å². The molecular formula is C15H31NO2.